The second-order valence-electron chi connectivity index (χ2n) is 5.78. The standard InChI is InChI=1S/C16H22ClNO3/c1-11(2)16(3,15(20)21)10-14(19)18-8-7-12-5-4-6-13(17)9-12/h4-6,9,11H,7-8,10H2,1-3H3,(H,18,19)(H,20,21). The SMILES string of the molecule is CC(C)C(C)(CC(=O)NCCc1cccc(Cl)c1)C(=O)O. The fraction of sp³-hybridized carbons (Fsp3) is 0.500. The summed E-state index contributed by atoms with van der Waals surface area (Å²) >= 11 is 5.89. The molecule has 0 aromatic heterocycles. The number of carbonyl (C=O) groups is 2. The fourth-order valence-corrected chi connectivity index (χ4v) is 2.17. The molecule has 1 amide bonds. The molecule has 0 saturated carbocycles. The molecule has 21 heavy (non-hydrogen) atoms. The number of amides is 1. The topological polar surface area (TPSA) is 66.4 Å². The van der Waals surface area contributed by atoms with Crippen molar-refractivity contribution >= 4 is 23.5 Å². The van der Waals surface area contributed by atoms with Crippen molar-refractivity contribution in [2.24, 2.45) is 11.3 Å². The number of carboxylic acids is 1. The molecule has 1 atom stereocenters. The smallest absolute Gasteiger partial charge is 0.310 e. The second-order valence-corrected chi connectivity index (χ2v) is 6.22. The van der Waals surface area contributed by atoms with Gasteiger partial charge in [-0.15, -0.1) is 0 Å². The van der Waals surface area contributed by atoms with Gasteiger partial charge in [0.05, 0.1) is 5.41 Å². The molecule has 1 unspecified atom stereocenters. The lowest BCUT2D eigenvalue weighted by Gasteiger charge is -2.28. The highest BCUT2D eigenvalue weighted by molar-refractivity contribution is 6.30. The van der Waals surface area contributed by atoms with Crippen molar-refractivity contribution in [2.75, 3.05) is 6.54 Å². The van der Waals surface area contributed by atoms with E-state index in [-0.39, 0.29) is 18.2 Å². The second kappa shape index (κ2) is 7.46. The summed E-state index contributed by atoms with van der Waals surface area (Å²) in [4.78, 5) is 23.3. The molecule has 116 valence electrons. The highest BCUT2D eigenvalue weighted by Crippen LogP contribution is 2.31. The van der Waals surface area contributed by atoms with Gasteiger partial charge in [-0.3, -0.25) is 9.59 Å². The maximum absolute atomic E-state index is 11.9. The van der Waals surface area contributed by atoms with Crippen LogP contribution in [0.4, 0.5) is 0 Å². The van der Waals surface area contributed by atoms with Gasteiger partial charge in [-0.2, -0.15) is 0 Å². The van der Waals surface area contributed by atoms with Crippen LogP contribution in [0.5, 0.6) is 0 Å². The maximum Gasteiger partial charge on any atom is 0.310 e. The first-order valence-corrected chi connectivity index (χ1v) is 7.38. The molecule has 0 saturated heterocycles. The van der Waals surface area contributed by atoms with Crippen LogP contribution in [0.3, 0.4) is 0 Å². The highest BCUT2D eigenvalue weighted by atomic mass is 35.5. The Hall–Kier alpha value is -1.55. The van der Waals surface area contributed by atoms with Crippen molar-refractivity contribution in [3.8, 4) is 0 Å². The van der Waals surface area contributed by atoms with Gasteiger partial charge >= 0.3 is 5.97 Å². The molecule has 0 bridgehead atoms. The summed E-state index contributed by atoms with van der Waals surface area (Å²) in [5.41, 5.74) is -0.00666. The van der Waals surface area contributed by atoms with Gasteiger partial charge in [0.15, 0.2) is 0 Å². The molecule has 0 spiro atoms. The van der Waals surface area contributed by atoms with Crippen molar-refractivity contribution < 1.29 is 14.7 Å². The molecule has 1 aromatic carbocycles. The molecule has 1 aromatic rings. The maximum atomic E-state index is 11.9. The number of halogens is 1. The van der Waals surface area contributed by atoms with Crippen LogP contribution < -0.4 is 5.32 Å². The van der Waals surface area contributed by atoms with Gasteiger partial charge in [0.25, 0.3) is 0 Å². The summed E-state index contributed by atoms with van der Waals surface area (Å²) in [5.74, 6) is -1.30. The largest absolute Gasteiger partial charge is 0.481 e. The van der Waals surface area contributed by atoms with Gasteiger partial charge in [-0.05, 0) is 37.0 Å². The minimum absolute atomic E-state index is 0.0183. The van der Waals surface area contributed by atoms with Crippen LogP contribution in [0, 0.1) is 11.3 Å². The van der Waals surface area contributed by atoms with Gasteiger partial charge in [0.2, 0.25) is 5.91 Å². The Morgan fingerprint density at radius 2 is 2.05 bits per heavy atom. The van der Waals surface area contributed by atoms with Gasteiger partial charge in [0, 0.05) is 18.0 Å². The van der Waals surface area contributed by atoms with Gasteiger partial charge in [-0.25, -0.2) is 0 Å². The van der Waals surface area contributed by atoms with E-state index < -0.39 is 11.4 Å². The third-order valence-electron chi connectivity index (χ3n) is 3.92. The van der Waals surface area contributed by atoms with Crippen molar-refractivity contribution in [1.82, 2.24) is 5.32 Å². The summed E-state index contributed by atoms with van der Waals surface area (Å²) < 4.78 is 0. The first-order valence-electron chi connectivity index (χ1n) is 7.00. The average Bonchev–Trinajstić information content (AvgIpc) is 2.38. The monoisotopic (exact) mass is 311 g/mol. The number of rotatable bonds is 7. The van der Waals surface area contributed by atoms with Gasteiger partial charge in [-0.1, -0.05) is 37.6 Å². The number of carboxylic acid groups (broad SMARTS) is 1. The van der Waals surface area contributed by atoms with Crippen LogP contribution in [0.15, 0.2) is 24.3 Å². The predicted molar refractivity (Wildman–Crippen MR) is 83.4 cm³/mol. The Bertz CT molecular complexity index is 516. The summed E-state index contributed by atoms with van der Waals surface area (Å²) in [6.45, 7) is 5.70. The number of hydrogen-bond donors (Lipinski definition) is 2. The molecule has 4 nitrogen and oxygen atoms in total. The number of nitrogens with one attached hydrogen (secondary N) is 1. The first kappa shape index (κ1) is 17.5. The molecular weight excluding hydrogens is 290 g/mol. The molecule has 0 heterocycles. The van der Waals surface area contributed by atoms with Crippen LogP contribution >= 0.6 is 11.6 Å². The zero-order chi connectivity index (χ0) is 16.0. The molecule has 2 N–H and O–H groups in total. The summed E-state index contributed by atoms with van der Waals surface area (Å²) in [5, 5.41) is 12.7. The molecular formula is C16H22ClNO3. The van der Waals surface area contributed by atoms with Crippen LogP contribution in [0.25, 0.3) is 0 Å². The summed E-state index contributed by atoms with van der Waals surface area (Å²) in [6.07, 6.45) is 0.646. The van der Waals surface area contributed by atoms with Gasteiger partial charge in [0.1, 0.15) is 0 Å². The normalized spacial score (nSPS) is 13.8. The zero-order valence-corrected chi connectivity index (χ0v) is 13.4. The highest BCUT2D eigenvalue weighted by Gasteiger charge is 2.38. The molecule has 0 aliphatic heterocycles. The lowest BCUT2D eigenvalue weighted by molar-refractivity contribution is -0.153. The van der Waals surface area contributed by atoms with E-state index in [2.05, 4.69) is 5.32 Å². The van der Waals surface area contributed by atoms with Crippen molar-refractivity contribution in [3.63, 3.8) is 0 Å². The molecule has 1 rings (SSSR count). The Balaban J connectivity index is 2.49. The molecule has 0 fully saturated rings. The fourth-order valence-electron chi connectivity index (χ4n) is 1.96. The van der Waals surface area contributed by atoms with E-state index in [9.17, 15) is 14.7 Å². The van der Waals surface area contributed by atoms with E-state index in [0.29, 0.717) is 18.0 Å². The Morgan fingerprint density at radius 1 is 1.38 bits per heavy atom. The Labute approximate surface area is 130 Å². The molecule has 0 aliphatic rings. The average molecular weight is 312 g/mol. The van der Waals surface area contributed by atoms with E-state index in [1.54, 1.807) is 13.0 Å². The predicted octanol–water partition coefficient (Wildman–Crippen LogP) is 3.14. The number of hydrogen-bond acceptors (Lipinski definition) is 2. The molecule has 0 aliphatic carbocycles. The van der Waals surface area contributed by atoms with Crippen molar-refractivity contribution in [2.45, 2.75) is 33.6 Å². The van der Waals surface area contributed by atoms with E-state index in [4.69, 9.17) is 11.6 Å². The number of aliphatic carboxylic acids is 1. The minimum atomic E-state index is -1.04. The summed E-state index contributed by atoms with van der Waals surface area (Å²) in [7, 11) is 0. The van der Waals surface area contributed by atoms with E-state index in [1.165, 1.54) is 0 Å². The van der Waals surface area contributed by atoms with Crippen LogP contribution in [0.1, 0.15) is 32.8 Å². The van der Waals surface area contributed by atoms with Crippen LogP contribution in [-0.4, -0.2) is 23.5 Å². The van der Waals surface area contributed by atoms with E-state index in [1.807, 2.05) is 32.0 Å². The molecule has 5 heteroatoms. The zero-order valence-electron chi connectivity index (χ0n) is 12.6. The minimum Gasteiger partial charge on any atom is -0.481 e. The van der Waals surface area contributed by atoms with Crippen LogP contribution in [-0.2, 0) is 16.0 Å². The van der Waals surface area contributed by atoms with Gasteiger partial charge < -0.3 is 10.4 Å². The van der Waals surface area contributed by atoms with E-state index in [0.717, 1.165) is 5.56 Å². The molecule has 0 radical (unpaired) electrons. The van der Waals surface area contributed by atoms with E-state index >= 15 is 0 Å². The Morgan fingerprint density at radius 3 is 2.57 bits per heavy atom. The summed E-state index contributed by atoms with van der Waals surface area (Å²) in [6, 6.07) is 7.45. The first-order chi connectivity index (χ1) is 9.75. The lowest BCUT2D eigenvalue weighted by Crippen LogP contribution is -2.39. The number of carbonyl (C=O) groups excluding carboxylic acids is 1. The Kier molecular flexibility index (Phi) is 6.21. The quantitative estimate of drug-likeness (QED) is 0.813. The number of benzene rings is 1. The third kappa shape index (κ3) is 5.05. The van der Waals surface area contributed by atoms with Crippen molar-refractivity contribution in [1.29, 1.82) is 0 Å². The van der Waals surface area contributed by atoms with Crippen molar-refractivity contribution in [3.05, 3.63) is 34.9 Å². The van der Waals surface area contributed by atoms with Crippen LogP contribution in [0.2, 0.25) is 5.02 Å². The third-order valence-corrected chi connectivity index (χ3v) is 4.15. The lowest BCUT2D eigenvalue weighted by atomic mass is 9.76.